The van der Waals surface area contributed by atoms with Crippen LogP contribution in [0, 0.1) is 11.8 Å². The molecule has 37 heavy (non-hydrogen) atoms. The maximum atomic E-state index is 12.5. The molecule has 0 bridgehead atoms. The van der Waals surface area contributed by atoms with E-state index in [1.807, 2.05) is 6.07 Å². The maximum absolute atomic E-state index is 12.5. The third-order valence-corrected chi connectivity index (χ3v) is 7.97. The molecule has 6 rings (SSSR count). The Bertz CT molecular complexity index is 1380. The lowest BCUT2D eigenvalue weighted by Gasteiger charge is -2.26. The number of H-pyrrole nitrogens is 1. The SMILES string of the molecule is CN(Cc1ccccc1)C1[C@H]2CN(c3ccc4c(c3)CCCc3c-4[nH]c(=O)c(OC(=O)O)c3O)C[C@@H]12.Cl. The number of hydrogen-bond donors (Lipinski definition) is 3. The minimum atomic E-state index is -1.63. The van der Waals surface area contributed by atoms with Crippen molar-refractivity contribution in [1.29, 1.82) is 0 Å². The number of nitrogens with zero attached hydrogens (tertiary/aromatic N) is 2. The molecule has 1 saturated carbocycles. The molecule has 1 unspecified atom stereocenters. The number of carbonyl (C=O) groups is 1. The number of ether oxygens (including phenoxy) is 1. The highest BCUT2D eigenvalue weighted by molar-refractivity contribution is 5.85. The zero-order chi connectivity index (χ0) is 25.0. The van der Waals surface area contributed by atoms with Crippen molar-refractivity contribution < 1.29 is 19.7 Å². The molecule has 0 radical (unpaired) electrons. The van der Waals surface area contributed by atoms with Crippen LogP contribution in [0.15, 0.2) is 53.3 Å². The van der Waals surface area contributed by atoms with E-state index in [-0.39, 0.29) is 12.4 Å². The highest BCUT2D eigenvalue weighted by Gasteiger charge is 2.57. The Morgan fingerprint density at radius 3 is 2.57 bits per heavy atom. The highest BCUT2D eigenvalue weighted by atomic mass is 35.5. The lowest BCUT2D eigenvalue weighted by molar-refractivity contribution is 0.142. The van der Waals surface area contributed by atoms with Crippen molar-refractivity contribution in [2.45, 2.75) is 31.8 Å². The summed E-state index contributed by atoms with van der Waals surface area (Å²) in [5.74, 6) is 0.404. The van der Waals surface area contributed by atoms with Gasteiger partial charge in [-0.3, -0.25) is 9.69 Å². The van der Waals surface area contributed by atoms with E-state index >= 15 is 0 Å². The number of anilines is 1. The fraction of sp³-hybridized carbons (Fsp3) is 0.357. The molecule has 194 valence electrons. The second-order valence-corrected chi connectivity index (χ2v) is 10.2. The van der Waals surface area contributed by atoms with Crippen molar-refractivity contribution in [3.63, 3.8) is 0 Å². The van der Waals surface area contributed by atoms with Gasteiger partial charge in [-0.05, 0) is 61.4 Å². The molecule has 3 aliphatic rings. The Kier molecular flexibility index (Phi) is 6.64. The molecule has 0 amide bonds. The van der Waals surface area contributed by atoms with Crippen molar-refractivity contribution in [3.05, 3.63) is 75.6 Å². The van der Waals surface area contributed by atoms with E-state index in [0.717, 1.165) is 43.6 Å². The van der Waals surface area contributed by atoms with Crippen LogP contribution in [0.25, 0.3) is 11.3 Å². The van der Waals surface area contributed by atoms with E-state index in [0.29, 0.717) is 35.6 Å². The third kappa shape index (κ3) is 4.55. The van der Waals surface area contributed by atoms with Crippen molar-refractivity contribution in [1.82, 2.24) is 9.88 Å². The number of piperidine rings is 1. The Hall–Kier alpha value is -3.49. The van der Waals surface area contributed by atoms with E-state index in [9.17, 15) is 14.7 Å². The lowest BCUT2D eigenvalue weighted by Crippen LogP contribution is -2.32. The summed E-state index contributed by atoms with van der Waals surface area (Å²) in [6.45, 7) is 3.05. The van der Waals surface area contributed by atoms with Crippen LogP contribution < -0.4 is 15.2 Å². The van der Waals surface area contributed by atoms with Crippen LogP contribution in [0.3, 0.4) is 0 Å². The number of carboxylic acid groups (broad SMARTS) is 1. The zero-order valence-corrected chi connectivity index (χ0v) is 21.3. The molecule has 3 atom stereocenters. The van der Waals surface area contributed by atoms with Crippen LogP contribution >= 0.6 is 12.4 Å². The molecule has 2 aliphatic carbocycles. The molecule has 9 heteroatoms. The first-order valence-corrected chi connectivity index (χ1v) is 12.4. The monoisotopic (exact) mass is 523 g/mol. The van der Waals surface area contributed by atoms with Gasteiger partial charge in [0.2, 0.25) is 5.75 Å². The number of benzene rings is 2. The third-order valence-electron chi connectivity index (χ3n) is 7.97. The Balaban J connectivity index is 0.00000280. The number of nitrogens with one attached hydrogen (secondary N) is 1. The lowest BCUT2D eigenvalue weighted by atomic mass is 10.00. The number of halogens is 1. The van der Waals surface area contributed by atoms with Gasteiger partial charge >= 0.3 is 6.16 Å². The number of rotatable bonds is 5. The van der Waals surface area contributed by atoms with Gasteiger partial charge in [-0.25, -0.2) is 4.79 Å². The molecule has 0 spiro atoms. The van der Waals surface area contributed by atoms with Gasteiger partial charge in [0, 0.05) is 42.5 Å². The van der Waals surface area contributed by atoms with Crippen molar-refractivity contribution in [2.24, 2.45) is 11.8 Å². The number of pyridine rings is 1. The fourth-order valence-electron chi connectivity index (χ4n) is 6.28. The van der Waals surface area contributed by atoms with E-state index in [1.54, 1.807) is 0 Å². The smallest absolute Gasteiger partial charge is 0.504 e. The molecular weight excluding hydrogens is 494 g/mol. The first-order chi connectivity index (χ1) is 17.4. The van der Waals surface area contributed by atoms with E-state index in [4.69, 9.17) is 5.11 Å². The van der Waals surface area contributed by atoms with Crippen molar-refractivity contribution in [2.75, 3.05) is 25.0 Å². The van der Waals surface area contributed by atoms with Gasteiger partial charge in [0.15, 0.2) is 5.75 Å². The summed E-state index contributed by atoms with van der Waals surface area (Å²) >= 11 is 0. The number of hydrogen-bond acceptors (Lipinski definition) is 6. The van der Waals surface area contributed by atoms with Crippen LogP contribution in [-0.2, 0) is 19.4 Å². The average molecular weight is 524 g/mol. The predicted octanol–water partition coefficient (Wildman–Crippen LogP) is 4.28. The van der Waals surface area contributed by atoms with E-state index in [2.05, 4.69) is 69.0 Å². The van der Waals surface area contributed by atoms with Crippen LogP contribution in [0.4, 0.5) is 10.5 Å². The normalized spacial score (nSPS) is 21.4. The topological polar surface area (TPSA) is 106 Å². The molecule has 3 N–H and O–H groups in total. The van der Waals surface area contributed by atoms with Gasteiger partial charge in [-0.2, -0.15) is 0 Å². The Morgan fingerprint density at radius 2 is 1.86 bits per heavy atom. The number of fused-ring (bicyclic) bond motifs is 4. The largest absolute Gasteiger partial charge is 0.511 e. The quantitative estimate of drug-likeness (QED) is 0.428. The first-order valence-electron chi connectivity index (χ1n) is 12.4. The predicted molar refractivity (Wildman–Crippen MR) is 143 cm³/mol. The summed E-state index contributed by atoms with van der Waals surface area (Å²) in [4.78, 5) is 31.1. The number of aromatic hydroxyl groups is 1. The number of aromatic amines is 1. The molecule has 3 aromatic rings. The van der Waals surface area contributed by atoms with Crippen LogP contribution in [0.2, 0.25) is 0 Å². The van der Waals surface area contributed by atoms with Gasteiger partial charge in [-0.1, -0.05) is 36.4 Å². The van der Waals surface area contributed by atoms with Crippen LogP contribution in [-0.4, -0.2) is 52.4 Å². The standard InChI is InChI=1S/C28H29N3O5.ClH/c1-30(13-16-6-3-2-4-7-16)24-21-14-31(15-22(21)24)18-10-11-19-17(12-18)8-5-9-20-23(19)29-27(33)26(25(20)32)36-28(34)35;/h2-4,6-7,10-12,21-22,24H,5,8-9,13-15H2,1H3,(H,34,35)(H2,29,32,33);1H/t21-,22+,24?;. The second-order valence-electron chi connectivity index (χ2n) is 10.2. The summed E-state index contributed by atoms with van der Waals surface area (Å²) in [5, 5.41) is 19.5. The van der Waals surface area contributed by atoms with Crippen LogP contribution in [0.1, 0.15) is 23.1 Å². The molecule has 1 saturated heterocycles. The first kappa shape index (κ1) is 25.2. The van der Waals surface area contributed by atoms with Gasteiger partial charge in [0.05, 0.1) is 5.69 Å². The minimum Gasteiger partial charge on any atom is -0.504 e. The minimum absolute atomic E-state index is 0. The Morgan fingerprint density at radius 1 is 1.14 bits per heavy atom. The second kappa shape index (κ2) is 9.76. The van der Waals surface area contributed by atoms with Crippen molar-refractivity contribution >= 4 is 24.2 Å². The fourth-order valence-corrected chi connectivity index (χ4v) is 6.28. The highest BCUT2D eigenvalue weighted by Crippen LogP contribution is 2.50. The van der Waals surface area contributed by atoms with E-state index in [1.165, 1.54) is 11.3 Å². The van der Waals surface area contributed by atoms with E-state index < -0.39 is 23.2 Å². The summed E-state index contributed by atoms with van der Waals surface area (Å²) in [6, 6.07) is 17.5. The summed E-state index contributed by atoms with van der Waals surface area (Å²) in [5.41, 5.74) is 4.82. The van der Waals surface area contributed by atoms with Gasteiger partial charge in [0.25, 0.3) is 5.56 Å². The van der Waals surface area contributed by atoms with Gasteiger partial charge in [-0.15, -0.1) is 12.4 Å². The number of aromatic nitrogens is 1. The average Bonchev–Trinajstić information content (AvgIpc) is 3.43. The summed E-state index contributed by atoms with van der Waals surface area (Å²) in [7, 11) is 2.23. The molecular formula is C28H30ClN3O5. The number of aryl methyl sites for hydroxylation is 1. The van der Waals surface area contributed by atoms with Crippen LogP contribution in [0.5, 0.6) is 11.5 Å². The molecule has 1 aliphatic heterocycles. The van der Waals surface area contributed by atoms with Gasteiger partial charge < -0.3 is 24.8 Å². The summed E-state index contributed by atoms with van der Waals surface area (Å²) < 4.78 is 4.54. The molecule has 2 fully saturated rings. The zero-order valence-electron chi connectivity index (χ0n) is 20.5. The van der Waals surface area contributed by atoms with Crippen molar-refractivity contribution in [3.8, 4) is 22.8 Å². The van der Waals surface area contributed by atoms with Gasteiger partial charge in [0.1, 0.15) is 0 Å². The molecule has 2 aromatic carbocycles. The summed E-state index contributed by atoms with van der Waals surface area (Å²) in [6.07, 6.45) is 0.456. The maximum Gasteiger partial charge on any atom is 0.511 e. The molecule has 2 heterocycles. The molecule has 8 nitrogen and oxygen atoms in total. The Labute approximate surface area is 220 Å². The molecule has 1 aromatic heterocycles.